The molecule has 0 bridgehead atoms. The zero-order valence-corrected chi connectivity index (χ0v) is 14.7. The molecule has 0 spiro atoms. The Balaban J connectivity index is 1.68. The molecule has 1 fully saturated rings. The highest BCUT2D eigenvalue weighted by Gasteiger charge is 2.32. The van der Waals surface area contributed by atoms with Gasteiger partial charge >= 0.3 is 6.18 Å². The van der Waals surface area contributed by atoms with Crippen LogP contribution in [-0.2, 0) is 17.5 Å². The Morgan fingerprint density at radius 2 is 1.78 bits per heavy atom. The fourth-order valence-corrected chi connectivity index (χ4v) is 2.95. The van der Waals surface area contributed by atoms with E-state index >= 15 is 0 Å². The molecule has 0 aromatic carbocycles. The van der Waals surface area contributed by atoms with Crippen molar-refractivity contribution in [3.63, 3.8) is 0 Å². The van der Waals surface area contributed by atoms with Crippen LogP contribution in [-0.4, -0.2) is 51.5 Å². The number of aromatic nitrogens is 3. The number of alkyl halides is 3. The number of carbonyl (C=O) groups is 1. The van der Waals surface area contributed by atoms with Gasteiger partial charge in [0.15, 0.2) is 0 Å². The summed E-state index contributed by atoms with van der Waals surface area (Å²) >= 11 is 5.60. The number of hydrogen-bond donors (Lipinski definition) is 0. The molecule has 11 heteroatoms. The molecule has 144 valence electrons. The summed E-state index contributed by atoms with van der Waals surface area (Å²) in [4.78, 5) is 36.1. The predicted octanol–water partition coefficient (Wildman–Crippen LogP) is 1.66. The maximum absolute atomic E-state index is 12.9. The second-order valence-electron chi connectivity index (χ2n) is 5.92. The Hall–Kier alpha value is -2.62. The molecule has 7 nitrogen and oxygen atoms in total. The number of halogens is 4. The second-order valence-corrected chi connectivity index (χ2v) is 6.33. The van der Waals surface area contributed by atoms with Crippen molar-refractivity contribution in [1.29, 1.82) is 0 Å². The monoisotopic (exact) mass is 401 g/mol. The van der Waals surface area contributed by atoms with E-state index < -0.39 is 34.8 Å². The Kier molecular flexibility index (Phi) is 5.36. The van der Waals surface area contributed by atoms with Crippen molar-refractivity contribution < 1.29 is 18.0 Å². The van der Waals surface area contributed by atoms with Crippen molar-refractivity contribution >= 4 is 23.5 Å². The number of nitrogens with zero attached hydrogens (tertiary/aromatic N) is 5. The van der Waals surface area contributed by atoms with E-state index in [0.29, 0.717) is 49.0 Å². The van der Waals surface area contributed by atoms with Gasteiger partial charge in [-0.15, -0.1) is 0 Å². The largest absolute Gasteiger partial charge is 0.417 e. The summed E-state index contributed by atoms with van der Waals surface area (Å²) in [6.07, 6.45) is -0.822. The minimum absolute atomic E-state index is 0.346. The molecule has 3 heterocycles. The van der Waals surface area contributed by atoms with Crippen molar-refractivity contribution in [1.82, 2.24) is 19.4 Å². The van der Waals surface area contributed by atoms with Crippen LogP contribution in [0, 0.1) is 0 Å². The first-order chi connectivity index (χ1) is 12.8. The molecule has 0 radical (unpaired) electrons. The summed E-state index contributed by atoms with van der Waals surface area (Å²) in [5.74, 6) is 0.0894. The minimum atomic E-state index is -4.66. The van der Waals surface area contributed by atoms with Gasteiger partial charge in [-0.1, -0.05) is 11.6 Å². The molecule has 1 saturated heterocycles. The Bertz CT molecular complexity index is 880. The predicted molar refractivity (Wildman–Crippen MR) is 91.5 cm³/mol. The van der Waals surface area contributed by atoms with Crippen LogP contribution in [0.4, 0.5) is 19.1 Å². The molecular formula is C16H15ClF3N5O2. The van der Waals surface area contributed by atoms with E-state index in [2.05, 4.69) is 9.97 Å². The Labute approximate surface area is 157 Å². The molecule has 1 aliphatic rings. The van der Waals surface area contributed by atoms with Gasteiger partial charge in [-0.25, -0.2) is 9.97 Å². The number of carbonyl (C=O) groups excluding carboxylic acids is 1. The lowest BCUT2D eigenvalue weighted by atomic mass is 10.2. The fourth-order valence-electron chi connectivity index (χ4n) is 2.73. The van der Waals surface area contributed by atoms with E-state index in [-0.39, 0.29) is 0 Å². The molecule has 1 aliphatic heterocycles. The van der Waals surface area contributed by atoms with Gasteiger partial charge in [0.2, 0.25) is 11.9 Å². The number of rotatable bonds is 3. The minimum Gasteiger partial charge on any atom is -0.338 e. The number of pyridine rings is 1. The van der Waals surface area contributed by atoms with Crippen LogP contribution in [0.2, 0.25) is 5.02 Å². The zero-order valence-electron chi connectivity index (χ0n) is 14.0. The van der Waals surface area contributed by atoms with Crippen LogP contribution in [0.15, 0.2) is 35.5 Å². The Morgan fingerprint density at radius 1 is 1.15 bits per heavy atom. The molecule has 0 aliphatic carbocycles. The van der Waals surface area contributed by atoms with E-state index in [0.717, 1.165) is 0 Å². The van der Waals surface area contributed by atoms with Crippen molar-refractivity contribution in [3.8, 4) is 0 Å². The number of piperazine rings is 1. The van der Waals surface area contributed by atoms with Crippen molar-refractivity contribution in [2.45, 2.75) is 12.7 Å². The summed E-state index contributed by atoms with van der Waals surface area (Å²) in [6.45, 7) is 1.14. The fraction of sp³-hybridized carbons (Fsp3) is 0.375. The van der Waals surface area contributed by atoms with Gasteiger partial charge in [0.1, 0.15) is 11.6 Å². The zero-order chi connectivity index (χ0) is 19.6. The lowest BCUT2D eigenvalue weighted by molar-refractivity contribution is -0.138. The molecule has 2 aromatic heterocycles. The van der Waals surface area contributed by atoms with Crippen molar-refractivity contribution in [2.75, 3.05) is 31.1 Å². The van der Waals surface area contributed by atoms with Crippen molar-refractivity contribution in [2.24, 2.45) is 0 Å². The van der Waals surface area contributed by atoms with Gasteiger partial charge in [-0.3, -0.25) is 9.59 Å². The number of hydrogen-bond acceptors (Lipinski definition) is 5. The number of amides is 1. The molecule has 2 aromatic rings. The molecular weight excluding hydrogens is 387 g/mol. The van der Waals surface area contributed by atoms with Crippen LogP contribution < -0.4 is 10.5 Å². The van der Waals surface area contributed by atoms with Crippen LogP contribution in [0.1, 0.15) is 5.56 Å². The van der Waals surface area contributed by atoms with E-state index in [1.807, 2.05) is 4.90 Å². The average Bonchev–Trinajstić information content (AvgIpc) is 2.65. The summed E-state index contributed by atoms with van der Waals surface area (Å²) in [6, 6.07) is 2.25. The molecule has 0 unspecified atom stereocenters. The van der Waals surface area contributed by atoms with Gasteiger partial charge in [0.05, 0.1) is 5.56 Å². The highest BCUT2D eigenvalue weighted by Crippen LogP contribution is 2.29. The maximum atomic E-state index is 12.9. The van der Waals surface area contributed by atoms with Crippen LogP contribution in [0.3, 0.4) is 0 Å². The van der Waals surface area contributed by atoms with Gasteiger partial charge < -0.3 is 14.4 Å². The first-order valence-corrected chi connectivity index (χ1v) is 8.40. The highest BCUT2D eigenvalue weighted by molar-refractivity contribution is 6.30. The summed E-state index contributed by atoms with van der Waals surface area (Å²) in [5.41, 5.74) is -1.92. The molecule has 1 amide bonds. The quantitative estimate of drug-likeness (QED) is 0.782. The van der Waals surface area contributed by atoms with E-state index in [4.69, 9.17) is 11.6 Å². The molecule has 27 heavy (non-hydrogen) atoms. The van der Waals surface area contributed by atoms with Crippen LogP contribution >= 0.6 is 11.6 Å². The van der Waals surface area contributed by atoms with Crippen LogP contribution in [0.25, 0.3) is 0 Å². The topological polar surface area (TPSA) is 71.3 Å². The second kappa shape index (κ2) is 7.55. The van der Waals surface area contributed by atoms with E-state index in [1.54, 1.807) is 18.5 Å². The third-order valence-corrected chi connectivity index (χ3v) is 4.41. The summed E-state index contributed by atoms with van der Waals surface area (Å²) in [7, 11) is 0. The van der Waals surface area contributed by atoms with Crippen LogP contribution in [0.5, 0.6) is 0 Å². The third-order valence-electron chi connectivity index (χ3n) is 4.14. The first-order valence-electron chi connectivity index (χ1n) is 8.02. The van der Waals surface area contributed by atoms with E-state index in [1.165, 1.54) is 4.90 Å². The standard InChI is InChI=1S/C16H15ClF3N5O2/c17-12-8-11(16(18,19)20)9-25(14(12)27)10-13(26)23-4-6-24(7-5-23)15-21-2-1-3-22-15/h1-3,8-9H,4-7,10H2. The Morgan fingerprint density at radius 3 is 2.37 bits per heavy atom. The lowest BCUT2D eigenvalue weighted by Gasteiger charge is -2.34. The highest BCUT2D eigenvalue weighted by atomic mass is 35.5. The van der Waals surface area contributed by atoms with Gasteiger partial charge in [0.25, 0.3) is 5.56 Å². The summed E-state index contributed by atoms with van der Waals surface area (Å²) < 4.78 is 39.4. The normalized spacial score (nSPS) is 15.1. The third kappa shape index (κ3) is 4.38. The molecule has 0 N–H and O–H groups in total. The lowest BCUT2D eigenvalue weighted by Crippen LogP contribution is -2.50. The number of anilines is 1. The smallest absolute Gasteiger partial charge is 0.338 e. The van der Waals surface area contributed by atoms with Gasteiger partial charge in [-0.2, -0.15) is 13.2 Å². The average molecular weight is 402 g/mol. The maximum Gasteiger partial charge on any atom is 0.417 e. The first kappa shape index (κ1) is 19.2. The van der Waals surface area contributed by atoms with Gasteiger partial charge in [0, 0.05) is 44.8 Å². The molecule has 0 atom stereocenters. The van der Waals surface area contributed by atoms with Gasteiger partial charge in [-0.05, 0) is 12.1 Å². The SMILES string of the molecule is O=C(Cn1cc(C(F)(F)F)cc(Cl)c1=O)N1CCN(c2ncccn2)CC1. The summed E-state index contributed by atoms with van der Waals surface area (Å²) in [5, 5.41) is -0.580. The van der Waals surface area contributed by atoms with Crippen molar-refractivity contribution in [3.05, 3.63) is 51.7 Å². The molecule has 3 rings (SSSR count). The molecule has 0 saturated carbocycles. The van der Waals surface area contributed by atoms with E-state index in [9.17, 15) is 22.8 Å².